The van der Waals surface area contributed by atoms with Crippen LogP contribution in [0.5, 0.6) is 0 Å². The van der Waals surface area contributed by atoms with Crippen LogP contribution in [0.25, 0.3) is 16.7 Å². The molecule has 164 valence electrons. The molecule has 0 aliphatic heterocycles. The first-order valence-electron chi connectivity index (χ1n) is 10.8. The largest absolute Gasteiger partial charge is 0.312 e. The van der Waals surface area contributed by atoms with Crippen LogP contribution in [-0.2, 0) is 11.3 Å². The molecule has 7 heteroatoms. The van der Waals surface area contributed by atoms with Gasteiger partial charge in [-0.1, -0.05) is 35.9 Å². The monoisotopic (exact) mass is 429 g/mol. The molecule has 0 spiro atoms. The summed E-state index contributed by atoms with van der Waals surface area (Å²) in [5.41, 5.74) is 4.28. The first kappa shape index (κ1) is 21.5. The Morgan fingerprint density at radius 2 is 1.75 bits per heavy atom. The fourth-order valence-electron chi connectivity index (χ4n) is 3.93. The zero-order valence-electron chi connectivity index (χ0n) is 18.9. The molecule has 0 radical (unpaired) electrons. The number of carbonyl (C=O) groups excluding carboxylic acids is 1. The van der Waals surface area contributed by atoms with E-state index in [4.69, 9.17) is 0 Å². The van der Waals surface area contributed by atoms with Crippen LogP contribution in [0.3, 0.4) is 0 Å². The number of hydrogen-bond donors (Lipinski definition) is 0. The van der Waals surface area contributed by atoms with Crippen LogP contribution in [0.4, 0.5) is 5.69 Å². The molecule has 0 saturated carbocycles. The molecule has 0 fully saturated rings. The quantitative estimate of drug-likeness (QED) is 0.465. The summed E-state index contributed by atoms with van der Waals surface area (Å²) < 4.78 is 3.24. The molecule has 2 aromatic heterocycles. The number of hydrogen-bond acceptors (Lipinski definition) is 4. The van der Waals surface area contributed by atoms with E-state index in [0.717, 1.165) is 22.5 Å². The number of anilines is 1. The number of rotatable bonds is 6. The van der Waals surface area contributed by atoms with Gasteiger partial charge in [-0.25, -0.2) is 9.67 Å². The van der Waals surface area contributed by atoms with Gasteiger partial charge in [-0.2, -0.15) is 5.10 Å². The van der Waals surface area contributed by atoms with Crippen LogP contribution in [0, 0.1) is 20.8 Å². The lowest BCUT2D eigenvalue weighted by molar-refractivity contribution is -0.118. The summed E-state index contributed by atoms with van der Waals surface area (Å²) in [6.45, 7) is 8.59. The fraction of sp³-hybridized carbons (Fsp3) is 0.280. The minimum atomic E-state index is -0.183. The summed E-state index contributed by atoms with van der Waals surface area (Å²) >= 11 is 0. The van der Waals surface area contributed by atoms with Gasteiger partial charge in [-0.05, 0) is 51.5 Å². The van der Waals surface area contributed by atoms with Crippen LogP contribution >= 0.6 is 0 Å². The smallest absolute Gasteiger partial charge is 0.264 e. The number of amides is 1. The molecule has 0 aliphatic rings. The van der Waals surface area contributed by atoms with Crippen LogP contribution in [0.15, 0.2) is 59.5 Å². The highest BCUT2D eigenvalue weighted by atomic mass is 16.2. The average molecular weight is 430 g/mol. The summed E-state index contributed by atoms with van der Waals surface area (Å²) in [5.74, 6) is 0.534. The minimum Gasteiger partial charge on any atom is -0.312 e. The van der Waals surface area contributed by atoms with Crippen molar-refractivity contribution in [2.45, 2.75) is 40.7 Å². The Bertz CT molecular complexity index is 1330. The van der Waals surface area contributed by atoms with E-state index in [1.807, 2.05) is 69.3 Å². The van der Waals surface area contributed by atoms with E-state index < -0.39 is 0 Å². The van der Waals surface area contributed by atoms with Crippen molar-refractivity contribution in [1.29, 1.82) is 0 Å². The lowest BCUT2D eigenvalue weighted by Crippen LogP contribution is -2.33. The lowest BCUT2D eigenvalue weighted by Gasteiger charge is -2.23. The molecular formula is C25H27N5O2. The molecule has 2 heterocycles. The van der Waals surface area contributed by atoms with Crippen LogP contribution in [0.1, 0.15) is 30.3 Å². The summed E-state index contributed by atoms with van der Waals surface area (Å²) in [5, 5.41) is 4.83. The van der Waals surface area contributed by atoms with Crippen molar-refractivity contribution in [3.8, 4) is 5.69 Å². The van der Waals surface area contributed by atoms with Gasteiger partial charge in [0.25, 0.3) is 5.56 Å². The van der Waals surface area contributed by atoms with Crippen LogP contribution < -0.4 is 10.5 Å². The van der Waals surface area contributed by atoms with Crippen molar-refractivity contribution in [3.63, 3.8) is 0 Å². The zero-order valence-corrected chi connectivity index (χ0v) is 18.9. The highest BCUT2D eigenvalue weighted by molar-refractivity contribution is 5.94. The topological polar surface area (TPSA) is 73.0 Å². The maximum Gasteiger partial charge on any atom is 0.264 e. The highest BCUT2D eigenvalue weighted by Gasteiger charge is 2.18. The molecule has 4 rings (SSSR count). The van der Waals surface area contributed by atoms with E-state index in [1.165, 1.54) is 0 Å². The third kappa shape index (κ3) is 3.93. The number of aryl methyl sites for hydroxylation is 3. The first-order valence-corrected chi connectivity index (χ1v) is 10.8. The molecular weight excluding hydrogens is 402 g/mol. The minimum absolute atomic E-state index is 0.0245. The number of nitrogens with zero attached hydrogens (tertiary/aromatic N) is 5. The van der Waals surface area contributed by atoms with E-state index in [0.29, 0.717) is 23.4 Å². The van der Waals surface area contributed by atoms with Gasteiger partial charge in [0, 0.05) is 25.2 Å². The van der Waals surface area contributed by atoms with Gasteiger partial charge in [0.15, 0.2) is 5.65 Å². The van der Waals surface area contributed by atoms with Gasteiger partial charge in [-0.3, -0.25) is 14.2 Å². The molecule has 1 amide bonds. The third-order valence-electron chi connectivity index (χ3n) is 5.73. The average Bonchev–Trinajstić information content (AvgIpc) is 3.20. The molecule has 7 nitrogen and oxygen atoms in total. The van der Waals surface area contributed by atoms with Gasteiger partial charge in [0.1, 0.15) is 11.2 Å². The fourth-order valence-corrected chi connectivity index (χ4v) is 3.93. The van der Waals surface area contributed by atoms with Crippen molar-refractivity contribution in [3.05, 3.63) is 82.0 Å². The second kappa shape index (κ2) is 8.78. The van der Waals surface area contributed by atoms with E-state index >= 15 is 0 Å². The van der Waals surface area contributed by atoms with Crippen molar-refractivity contribution in [2.24, 2.45) is 0 Å². The molecule has 32 heavy (non-hydrogen) atoms. The Hall–Kier alpha value is -3.74. The van der Waals surface area contributed by atoms with Crippen LogP contribution in [-0.4, -0.2) is 31.8 Å². The van der Waals surface area contributed by atoms with E-state index in [-0.39, 0.29) is 24.4 Å². The molecule has 0 N–H and O–H groups in total. The number of fused-ring (bicyclic) bond motifs is 1. The maximum atomic E-state index is 13.2. The lowest BCUT2D eigenvalue weighted by atomic mass is 10.1. The molecule has 0 unspecified atom stereocenters. The SMILES string of the molecule is CCN(C(=O)CCn1c(C)nc2c(cnn2-c2ccc(C)cc2)c1=O)c1ccccc1C. The molecule has 0 atom stereocenters. The maximum absolute atomic E-state index is 13.2. The Kier molecular flexibility index (Phi) is 5.90. The number of carbonyl (C=O) groups is 1. The second-order valence-corrected chi connectivity index (χ2v) is 7.92. The van der Waals surface area contributed by atoms with Gasteiger partial charge in [0.05, 0.1) is 11.9 Å². The predicted octanol–water partition coefficient (Wildman–Crippen LogP) is 3.95. The van der Waals surface area contributed by atoms with E-state index in [9.17, 15) is 9.59 Å². The Labute approximate surface area is 186 Å². The van der Waals surface area contributed by atoms with Crippen LogP contribution in [0.2, 0.25) is 0 Å². The van der Waals surface area contributed by atoms with E-state index in [1.54, 1.807) is 27.3 Å². The number of aromatic nitrogens is 4. The Morgan fingerprint density at radius 1 is 1.03 bits per heavy atom. The highest BCUT2D eigenvalue weighted by Crippen LogP contribution is 2.20. The molecule has 4 aromatic rings. The zero-order chi connectivity index (χ0) is 22.8. The summed E-state index contributed by atoms with van der Waals surface area (Å²) in [6.07, 6.45) is 1.76. The molecule has 2 aromatic carbocycles. The summed E-state index contributed by atoms with van der Waals surface area (Å²) in [4.78, 5) is 32.6. The first-order chi connectivity index (χ1) is 15.4. The molecule has 0 bridgehead atoms. The molecule has 0 aliphatic carbocycles. The summed E-state index contributed by atoms with van der Waals surface area (Å²) in [6, 6.07) is 15.7. The number of para-hydroxylation sites is 1. The van der Waals surface area contributed by atoms with Crippen molar-refractivity contribution in [1.82, 2.24) is 19.3 Å². The number of benzene rings is 2. The normalized spacial score (nSPS) is 11.1. The third-order valence-corrected chi connectivity index (χ3v) is 5.73. The van der Waals surface area contributed by atoms with Gasteiger partial charge in [-0.15, -0.1) is 0 Å². The Balaban J connectivity index is 1.61. The van der Waals surface area contributed by atoms with Gasteiger partial charge in [0.2, 0.25) is 5.91 Å². The predicted molar refractivity (Wildman–Crippen MR) is 126 cm³/mol. The van der Waals surface area contributed by atoms with Gasteiger partial charge >= 0.3 is 0 Å². The molecule has 0 saturated heterocycles. The van der Waals surface area contributed by atoms with Gasteiger partial charge < -0.3 is 4.90 Å². The second-order valence-electron chi connectivity index (χ2n) is 7.92. The van der Waals surface area contributed by atoms with Crippen molar-refractivity contribution in [2.75, 3.05) is 11.4 Å². The van der Waals surface area contributed by atoms with Crippen molar-refractivity contribution >= 4 is 22.6 Å². The Morgan fingerprint density at radius 3 is 2.44 bits per heavy atom. The standard InChI is InChI=1S/C25H27N5O2/c1-5-28(22-9-7-6-8-18(22)3)23(31)14-15-29-19(4)27-24-21(25(29)32)16-26-30(24)20-12-10-17(2)11-13-20/h6-13,16H,5,14-15H2,1-4H3. The summed E-state index contributed by atoms with van der Waals surface area (Å²) in [7, 11) is 0. The van der Waals surface area contributed by atoms with Crippen molar-refractivity contribution < 1.29 is 4.79 Å². The van der Waals surface area contributed by atoms with E-state index in [2.05, 4.69) is 10.1 Å².